The molecule has 2 saturated carbocycles. The molecule has 0 bridgehead atoms. The van der Waals surface area contributed by atoms with Crippen LogP contribution in [-0.2, 0) is 4.52 Å². The summed E-state index contributed by atoms with van der Waals surface area (Å²) in [6.07, 6.45) is 11.3. The van der Waals surface area contributed by atoms with Crippen LogP contribution in [-0.4, -0.2) is 23.0 Å². The summed E-state index contributed by atoms with van der Waals surface area (Å²) in [5, 5.41) is 9.78. The van der Waals surface area contributed by atoms with Gasteiger partial charge in [0.15, 0.2) is 0 Å². The fourth-order valence-corrected chi connectivity index (χ4v) is 3.90. The van der Waals surface area contributed by atoms with Crippen molar-refractivity contribution in [3.63, 3.8) is 0 Å². The maximum Gasteiger partial charge on any atom is 0.0873 e. The van der Waals surface area contributed by atoms with Crippen LogP contribution in [0.2, 0.25) is 0 Å². The van der Waals surface area contributed by atoms with Crippen molar-refractivity contribution in [2.45, 2.75) is 75.7 Å². The first-order valence-electron chi connectivity index (χ1n) is 6.45. The van der Waals surface area contributed by atoms with Gasteiger partial charge >= 0.3 is 0 Å². The third kappa shape index (κ3) is 3.69. The zero-order valence-electron chi connectivity index (χ0n) is 9.45. The summed E-state index contributed by atoms with van der Waals surface area (Å²) in [5.41, 5.74) is 0.799. The second-order valence-electron chi connectivity index (χ2n) is 4.96. The maximum absolute atomic E-state index is 9.78. The standard InChI is InChI=1S/C12H23O2P/c13-11-8-4-5-9-12(11)14-15-10-6-2-1-3-7-10/h10-13,15H,1-9H2. The fraction of sp³-hybridized carbons (Fsp3) is 1.00. The summed E-state index contributed by atoms with van der Waals surface area (Å²) in [6, 6.07) is 0. The van der Waals surface area contributed by atoms with Gasteiger partial charge in [0.1, 0.15) is 0 Å². The molecule has 0 radical (unpaired) electrons. The molecular formula is C12H23O2P. The Morgan fingerprint density at radius 1 is 0.867 bits per heavy atom. The summed E-state index contributed by atoms with van der Waals surface area (Å²) in [4.78, 5) is 0. The zero-order valence-corrected chi connectivity index (χ0v) is 10.5. The normalized spacial score (nSPS) is 35.0. The lowest BCUT2D eigenvalue weighted by molar-refractivity contribution is 0.0145. The van der Waals surface area contributed by atoms with E-state index < -0.39 is 0 Å². The summed E-state index contributed by atoms with van der Waals surface area (Å²) < 4.78 is 5.91. The molecule has 3 unspecified atom stereocenters. The third-order valence-electron chi connectivity index (χ3n) is 3.66. The Hall–Kier alpha value is 0.350. The Morgan fingerprint density at radius 3 is 2.27 bits per heavy atom. The van der Waals surface area contributed by atoms with Gasteiger partial charge in [0.05, 0.1) is 12.2 Å². The Morgan fingerprint density at radius 2 is 1.53 bits per heavy atom. The van der Waals surface area contributed by atoms with Gasteiger partial charge < -0.3 is 9.63 Å². The molecule has 2 aliphatic carbocycles. The van der Waals surface area contributed by atoms with Crippen LogP contribution in [0.4, 0.5) is 0 Å². The SMILES string of the molecule is OC1CCCCC1OPC1CCCCC1. The Labute approximate surface area is 94.7 Å². The second-order valence-corrected chi connectivity index (χ2v) is 6.25. The number of hydrogen-bond donors (Lipinski definition) is 1. The number of rotatable bonds is 3. The van der Waals surface area contributed by atoms with Gasteiger partial charge in [-0.2, -0.15) is 0 Å². The van der Waals surface area contributed by atoms with Gasteiger partial charge in [-0.1, -0.05) is 32.1 Å². The average molecular weight is 230 g/mol. The molecule has 15 heavy (non-hydrogen) atoms. The van der Waals surface area contributed by atoms with Gasteiger partial charge in [0.25, 0.3) is 0 Å². The van der Waals surface area contributed by atoms with Crippen LogP contribution in [0.5, 0.6) is 0 Å². The molecule has 0 heterocycles. The van der Waals surface area contributed by atoms with Crippen LogP contribution >= 0.6 is 8.81 Å². The molecule has 3 atom stereocenters. The monoisotopic (exact) mass is 230 g/mol. The van der Waals surface area contributed by atoms with E-state index in [2.05, 4.69) is 0 Å². The van der Waals surface area contributed by atoms with E-state index in [4.69, 9.17) is 4.52 Å². The molecule has 2 rings (SSSR count). The van der Waals surface area contributed by atoms with Crippen LogP contribution in [0.25, 0.3) is 0 Å². The number of aliphatic hydroxyl groups excluding tert-OH is 1. The molecule has 0 aromatic carbocycles. The minimum absolute atomic E-state index is 0.152. The van der Waals surface area contributed by atoms with Crippen molar-refractivity contribution in [1.82, 2.24) is 0 Å². The summed E-state index contributed by atoms with van der Waals surface area (Å²) in [5.74, 6) is 0. The first kappa shape index (κ1) is 11.8. The molecule has 2 nitrogen and oxygen atoms in total. The van der Waals surface area contributed by atoms with E-state index in [1.54, 1.807) is 0 Å². The predicted molar refractivity (Wildman–Crippen MR) is 64.5 cm³/mol. The molecule has 88 valence electrons. The van der Waals surface area contributed by atoms with Crippen molar-refractivity contribution >= 4 is 8.81 Å². The lowest BCUT2D eigenvalue weighted by Crippen LogP contribution is -2.30. The molecule has 0 amide bonds. The van der Waals surface area contributed by atoms with Crippen molar-refractivity contribution in [2.75, 3.05) is 0 Å². The first-order valence-corrected chi connectivity index (χ1v) is 7.44. The van der Waals surface area contributed by atoms with E-state index in [0.717, 1.165) is 18.5 Å². The van der Waals surface area contributed by atoms with Gasteiger partial charge in [-0.25, -0.2) is 0 Å². The van der Waals surface area contributed by atoms with Gasteiger partial charge in [-0.3, -0.25) is 0 Å². The quantitative estimate of drug-likeness (QED) is 0.754. The molecule has 0 aromatic heterocycles. The topological polar surface area (TPSA) is 29.5 Å². The van der Waals surface area contributed by atoms with E-state index >= 15 is 0 Å². The van der Waals surface area contributed by atoms with Crippen molar-refractivity contribution in [3.05, 3.63) is 0 Å². The van der Waals surface area contributed by atoms with Crippen molar-refractivity contribution in [1.29, 1.82) is 0 Å². The molecule has 3 heteroatoms. The molecule has 0 saturated heterocycles. The Bertz CT molecular complexity index is 180. The van der Waals surface area contributed by atoms with Crippen LogP contribution < -0.4 is 0 Å². The van der Waals surface area contributed by atoms with E-state index in [1.807, 2.05) is 0 Å². The third-order valence-corrected chi connectivity index (χ3v) is 5.01. The molecule has 2 fully saturated rings. The predicted octanol–water partition coefficient (Wildman–Crippen LogP) is 3.23. The van der Waals surface area contributed by atoms with Gasteiger partial charge in [-0.15, -0.1) is 0 Å². The summed E-state index contributed by atoms with van der Waals surface area (Å²) in [6.45, 7) is 0. The molecule has 0 spiro atoms. The highest BCUT2D eigenvalue weighted by Gasteiger charge is 2.25. The number of aliphatic hydroxyl groups is 1. The first-order chi connectivity index (χ1) is 7.36. The van der Waals surface area contributed by atoms with Crippen LogP contribution in [0.15, 0.2) is 0 Å². The van der Waals surface area contributed by atoms with Gasteiger partial charge in [0.2, 0.25) is 0 Å². The summed E-state index contributed by atoms with van der Waals surface area (Å²) in [7, 11) is 0.638. The lowest BCUT2D eigenvalue weighted by atomic mass is 9.95. The summed E-state index contributed by atoms with van der Waals surface area (Å²) >= 11 is 0. The van der Waals surface area contributed by atoms with Crippen LogP contribution in [0.3, 0.4) is 0 Å². The highest BCUT2D eigenvalue weighted by Crippen LogP contribution is 2.36. The largest absolute Gasteiger partial charge is 0.390 e. The molecule has 0 aromatic rings. The van der Waals surface area contributed by atoms with Crippen LogP contribution in [0, 0.1) is 0 Å². The van der Waals surface area contributed by atoms with Crippen molar-refractivity contribution in [2.24, 2.45) is 0 Å². The fourth-order valence-electron chi connectivity index (χ4n) is 2.62. The Kier molecular flexibility index (Phi) is 4.87. The van der Waals surface area contributed by atoms with E-state index in [0.29, 0.717) is 8.81 Å². The van der Waals surface area contributed by atoms with E-state index in [1.165, 1.54) is 44.9 Å². The smallest absolute Gasteiger partial charge is 0.0873 e. The van der Waals surface area contributed by atoms with Crippen molar-refractivity contribution in [3.8, 4) is 0 Å². The minimum atomic E-state index is -0.185. The zero-order chi connectivity index (χ0) is 10.5. The lowest BCUT2D eigenvalue weighted by Gasteiger charge is -2.30. The average Bonchev–Trinajstić information content (AvgIpc) is 2.29. The molecular weight excluding hydrogens is 207 g/mol. The molecule has 1 N–H and O–H groups in total. The minimum Gasteiger partial charge on any atom is -0.390 e. The van der Waals surface area contributed by atoms with Crippen molar-refractivity contribution < 1.29 is 9.63 Å². The van der Waals surface area contributed by atoms with E-state index in [-0.39, 0.29) is 12.2 Å². The van der Waals surface area contributed by atoms with Crippen LogP contribution in [0.1, 0.15) is 57.8 Å². The second kappa shape index (κ2) is 6.18. The van der Waals surface area contributed by atoms with E-state index in [9.17, 15) is 5.11 Å². The molecule has 0 aliphatic heterocycles. The molecule has 2 aliphatic rings. The van der Waals surface area contributed by atoms with Gasteiger partial charge in [0, 0.05) is 14.5 Å². The maximum atomic E-state index is 9.78. The number of hydrogen-bond acceptors (Lipinski definition) is 2. The highest BCUT2D eigenvalue weighted by atomic mass is 31.1. The Balaban J connectivity index is 1.67. The highest BCUT2D eigenvalue weighted by molar-refractivity contribution is 7.33. The van der Waals surface area contributed by atoms with Gasteiger partial charge in [-0.05, 0) is 25.7 Å².